The van der Waals surface area contributed by atoms with Crippen LogP contribution in [-0.2, 0) is 6.54 Å². The fraction of sp³-hybridized carbons (Fsp3) is 0.250. The SMILES string of the molecule is Cc1ccc(CN(C)c2cncc(N)c2)o1. The minimum absolute atomic E-state index is 0.667. The van der Waals surface area contributed by atoms with Crippen LogP contribution in [0, 0.1) is 6.92 Å². The van der Waals surface area contributed by atoms with Crippen LogP contribution in [0.2, 0.25) is 0 Å². The van der Waals surface area contributed by atoms with Gasteiger partial charge in [0.25, 0.3) is 0 Å². The first kappa shape index (κ1) is 10.5. The predicted molar refractivity (Wildman–Crippen MR) is 64.2 cm³/mol. The highest BCUT2D eigenvalue weighted by Crippen LogP contribution is 2.17. The van der Waals surface area contributed by atoms with Crippen LogP contribution < -0.4 is 10.6 Å². The number of aryl methyl sites for hydroxylation is 1. The maximum Gasteiger partial charge on any atom is 0.123 e. The van der Waals surface area contributed by atoms with Crippen molar-refractivity contribution in [2.24, 2.45) is 0 Å². The zero-order valence-electron chi connectivity index (χ0n) is 9.47. The average molecular weight is 217 g/mol. The van der Waals surface area contributed by atoms with Gasteiger partial charge in [-0.2, -0.15) is 0 Å². The Balaban J connectivity index is 2.11. The molecular formula is C12H15N3O. The Morgan fingerprint density at radius 3 is 2.81 bits per heavy atom. The lowest BCUT2D eigenvalue weighted by Gasteiger charge is -2.17. The first-order valence-corrected chi connectivity index (χ1v) is 5.12. The molecular weight excluding hydrogens is 202 g/mol. The summed E-state index contributed by atoms with van der Waals surface area (Å²) in [5.74, 6) is 1.86. The molecule has 0 saturated carbocycles. The summed E-state index contributed by atoms with van der Waals surface area (Å²) in [7, 11) is 1.98. The molecule has 4 nitrogen and oxygen atoms in total. The monoisotopic (exact) mass is 217 g/mol. The van der Waals surface area contributed by atoms with E-state index in [1.165, 1.54) is 0 Å². The van der Waals surface area contributed by atoms with Gasteiger partial charge in [0, 0.05) is 13.2 Å². The van der Waals surface area contributed by atoms with Crippen LogP contribution >= 0.6 is 0 Å². The van der Waals surface area contributed by atoms with Crippen LogP contribution in [0.1, 0.15) is 11.5 Å². The third kappa shape index (κ3) is 2.34. The number of hydrogen-bond donors (Lipinski definition) is 1. The number of hydrogen-bond acceptors (Lipinski definition) is 4. The minimum atomic E-state index is 0.667. The Kier molecular flexibility index (Phi) is 2.81. The molecule has 0 unspecified atom stereocenters. The smallest absolute Gasteiger partial charge is 0.123 e. The lowest BCUT2D eigenvalue weighted by Crippen LogP contribution is -2.16. The summed E-state index contributed by atoms with van der Waals surface area (Å²) in [5.41, 5.74) is 7.33. The van der Waals surface area contributed by atoms with E-state index in [-0.39, 0.29) is 0 Å². The highest BCUT2D eigenvalue weighted by Gasteiger charge is 2.05. The molecule has 0 bridgehead atoms. The molecule has 0 spiro atoms. The number of nitrogens with zero attached hydrogens (tertiary/aromatic N) is 2. The van der Waals surface area contributed by atoms with Gasteiger partial charge in [-0.25, -0.2) is 0 Å². The van der Waals surface area contributed by atoms with Gasteiger partial charge in [0.2, 0.25) is 0 Å². The van der Waals surface area contributed by atoms with Gasteiger partial charge >= 0.3 is 0 Å². The number of aromatic nitrogens is 1. The quantitative estimate of drug-likeness (QED) is 0.856. The third-order valence-corrected chi connectivity index (χ3v) is 2.37. The van der Waals surface area contributed by atoms with E-state index in [4.69, 9.17) is 10.2 Å². The molecule has 0 aromatic carbocycles. The molecule has 0 aliphatic carbocycles. The maximum atomic E-state index is 5.68. The van der Waals surface area contributed by atoms with E-state index in [0.29, 0.717) is 12.2 Å². The number of pyridine rings is 1. The molecule has 0 aliphatic rings. The Bertz CT molecular complexity index is 479. The van der Waals surface area contributed by atoms with Gasteiger partial charge in [-0.3, -0.25) is 4.98 Å². The number of anilines is 2. The summed E-state index contributed by atoms with van der Waals surface area (Å²) in [4.78, 5) is 6.10. The van der Waals surface area contributed by atoms with Gasteiger partial charge in [-0.05, 0) is 25.1 Å². The molecule has 2 aromatic heterocycles. The molecule has 0 fully saturated rings. The average Bonchev–Trinajstić information content (AvgIpc) is 2.64. The zero-order valence-corrected chi connectivity index (χ0v) is 9.47. The van der Waals surface area contributed by atoms with Gasteiger partial charge < -0.3 is 15.1 Å². The second-order valence-corrected chi connectivity index (χ2v) is 3.84. The molecule has 0 aliphatic heterocycles. The normalized spacial score (nSPS) is 10.4. The molecule has 0 saturated heterocycles. The van der Waals surface area contributed by atoms with Crippen molar-refractivity contribution in [2.45, 2.75) is 13.5 Å². The second kappa shape index (κ2) is 4.26. The van der Waals surface area contributed by atoms with E-state index in [1.54, 1.807) is 12.4 Å². The second-order valence-electron chi connectivity index (χ2n) is 3.84. The summed E-state index contributed by atoms with van der Waals surface area (Å²) >= 11 is 0. The van der Waals surface area contributed by atoms with Crippen LogP contribution in [0.3, 0.4) is 0 Å². The van der Waals surface area contributed by atoms with Crippen molar-refractivity contribution in [3.8, 4) is 0 Å². The van der Waals surface area contributed by atoms with Gasteiger partial charge in [-0.1, -0.05) is 0 Å². The highest BCUT2D eigenvalue weighted by molar-refractivity contribution is 5.52. The van der Waals surface area contributed by atoms with Crippen LogP contribution in [0.25, 0.3) is 0 Å². The summed E-state index contributed by atoms with van der Waals surface area (Å²) in [5, 5.41) is 0. The van der Waals surface area contributed by atoms with Crippen molar-refractivity contribution < 1.29 is 4.42 Å². The van der Waals surface area contributed by atoms with Gasteiger partial charge in [-0.15, -0.1) is 0 Å². The summed E-state index contributed by atoms with van der Waals surface area (Å²) in [6, 6.07) is 5.83. The van der Waals surface area contributed by atoms with Crippen molar-refractivity contribution in [1.29, 1.82) is 0 Å². The van der Waals surface area contributed by atoms with E-state index in [2.05, 4.69) is 4.98 Å². The summed E-state index contributed by atoms with van der Waals surface area (Å²) < 4.78 is 5.51. The van der Waals surface area contributed by atoms with E-state index >= 15 is 0 Å². The Labute approximate surface area is 94.7 Å². The minimum Gasteiger partial charge on any atom is -0.464 e. The fourth-order valence-corrected chi connectivity index (χ4v) is 1.55. The molecule has 2 heterocycles. The topological polar surface area (TPSA) is 55.3 Å². The lowest BCUT2D eigenvalue weighted by molar-refractivity contribution is 0.482. The van der Waals surface area contributed by atoms with E-state index in [1.807, 2.05) is 37.1 Å². The largest absolute Gasteiger partial charge is 0.464 e. The van der Waals surface area contributed by atoms with Crippen molar-refractivity contribution in [1.82, 2.24) is 4.98 Å². The molecule has 0 amide bonds. The number of nitrogens with two attached hydrogens (primary N) is 1. The molecule has 0 atom stereocenters. The van der Waals surface area contributed by atoms with Gasteiger partial charge in [0.15, 0.2) is 0 Å². The van der Waals surface area contributed by atoms with E-state index in [0.717, 1.165) is 17.2 Å². The molecule has 2 aromatic rings. The Morgan fingerprint density at radius 2 is 2.19 bits per heavy atom. The number of furan rings is 1. The number of nitrogen functional groups attached to an aromatic ring is 1. The predicted octanol–water partition coefficient (Wildman–Crippen LogP) is 2.20. The molecule has 2 rings (SSSR count). The van der Waals surface area contributed by atoms with Crippen molar-refractivity contribution in [2.75, 3.05) is 17.7 Å². The van der Waals surface area contributed by atoms with Crippen LogP contribution in [0.5, 0.6) is 0 Å². The molecule has 4 heteroatoms. The van der Waals surface area contributed by atoms with Crippen molar-refractivity contribution >= 4 is 11.4 Å². The van der Waals surface area contributed by atoms with Gasteiger partial charge in [0.1, 0.15) is 11.5 Å². The number of rotatable bonds is 3. The summed E-state index contributed by atoms with van der Waals surface area (Å²) in [6.45, 7) is 2.64. The first-order valence-electron chi connectivity index (χ1n) is 5.12. The molecule has 84 valence electrons. The Morgan fingerprint density at radius 1 is 1.38 bits per heavy atom. The van der Waals surface area contributed by atoms with Crippen LogP contribution in [-0.4, -0.2) is 12.0 Å². The molecule has 0 radical (unpaired) electrons. The highest BCUT2D eigenvalue weighted by atomic mass is 16.3. The first-order chi connectivity index (χ1) is 7.65. The van der Waals surface area contributed by atoms with Gasteiger partial charge in [0.05, 0.1) is 24.1 Å². The van der Waals surface area contributed by atoms with E-state index < -0.39 is 0 Å². The lowest BCUT2D eigenvalue weighted by atomic mass is 10.3. The zero-order chi connectivity index (χ0) is 11.5. The molecule has 16 heavy (non-hydrogen) atoms. The standard InChI is InChI=1S/C12H15N3O/c1-9-3-4-12(16-9)8-15(2)11-5-10(13)6-14-7-11/h3-7H,8,13H2,1-2H3. The molecule has 2 N–H and O–H groups in total. The van der Waals surface area contributed by atoms with Crippen molar-refractivity contribution in [3.05, 3.63) is 42.1 Å². The fourth-order valence-electron chi connectivity index (χ4n) is 1.55. The Hall–Kier alpha value is -1.97. The van der Waals surface area contributed by atoms with Crippen molar-refractivity contribution in [3.63, 3.8) is 0 Å². The summed E-state index contributed by atoms with van der Waals surface area (Å²) in [6.07, 6.45) is 3.42. The van der Waals surface area contributed by atoms with Crippen LogP contribution in [0.4, 0.5) is 11.4 Å². The van der Waals surface area contributed by atoms with E-state index in [9.17, 15) is 0 Å². The third-order valence-electron chi connectivity index (χ3n) is 2.37. The maximum absolute atomic E-state index is 5.68. The van der Waals surface area contributed by atoms with Crippen LogP contribution in [0.15, 0.2) is 35.0 Å².